The van der Waals surface area contributed by atoms with Crippen LogP contribution in [0.15, 0.2) is 23.0 Å². The molecule has 0 aliphatic carbocycles. The van der Waals surface area contributed by atoms with Crippen molar-refractivity contribution in [3.05, 3.63) is 34.3 Å². The molecule has 2 rings (SSSR count). The predicted octanol–water partition coefficient (Wildman–Crippen LogP) is 3.26. The van der Waals surface area contributed by atoms with Gasteiger partial charge >= 0.3 is 0 Å². The van der Waals surface area contributed by atoms with Gasteiger partial charge in [0, 0.05) is 6.54 Å². The summed E-state index contributed by atoms with van der Waals surface area (Å²) in [7, 11) is 1.71. The standard InChI is InChI=1S/C15H23N3OS/c1-4-7-16-13(9-12-6-8-20-11-12)15-14(19-3)10-17-18(15)5-2/h6,8,10-11,13,16H,4-5,7,9H2,1-3H3. The maximum atomic E-state index is 5.49. The molecule has 0 aromatic carbocycles. The molecule has 0 fully saturated rings. The van der Waals surface area contributed by atoms with Crippen LogP contribution in [0.3, 0.4) is 0 Å². The fourth-order valence-electron chi connectivity index (χ4n) is 2.37. The Hall–Kier alpha value is -1.33. The van der Waals surface area contributed by atoms with Crippen molar-refractivity contribution >= 4 is 11.3 Å². The van der Waals surface area contributed by atoms with Crippen LogP contribution >= 0.6 is 11.3 Å². The third-order valence-electron chi connectivity index (χ3n) is 3.36. The molecule has 5 heteroatoms. The first kappa shape index (κ1) is 15.1. The molecule has 110 valence electrons. The molecule has 1 N–H and O–H groups in total. The van der Waals surface area contributed by atoms with E-state index in [1.54, 1.807) is 18.4 Å². The number of nitrogens with zero attached hydrogens (tertiary/aromatic N) is 2. The van der Waals surface area contributed by atoms with Gasteiger partial charge in [-0.05, 0) is 48.7 Å². The highest BCUT2D eigenvalue weighted by Gasteiger charge is 2.21. The molecule has 20 heavy (non-hydrogen) atoms. The van der Waals surface area contributed by atoms with Crippen LogP contribution in [0.5, 0.6) is 5.75 Å². The Balaban J connectivity index is 2.27. The lowest BCUT2D eigenvalue weighted by Crippen LogP contribution is -2.27. The van der Waals surface area contributed by atoms with Gasteiger partial charge in [-0.2, -0.15) is 16.4 Å². The maximum Gasteiger partial charge on any atom is 0.161 e. The van der Waals surface area contributed by atoms with E-state index in [4.69, 9.17) is 4.74 Å². The van der Waals surface area contributed by atoms with Crippen LogP contribution in [0.1, 0.15) is 37.6 Å². The van der Waals surface area contributed by atoms with Gasteiger partial charge in [0.05, 0.1) is 25.0 Å². The van der Waals surface area contributed by atoms with Gasteiger partial charge in [0.15, 0.2) is 5.75 Å². The highest BCUT2D eigenvalue weighted by Crippen LogP contribution is 2.28. The monoisotopic (exact) mass is 293 g/mol. The van der Waals surface area contributed by atoms with Crippen molar-refractivity contribution in [3.63, 3.8) is 0 Å². The zero-order valence-electron chi connectivity index (χ0n) is 12.4. The third kappa shape index (κ3) is 3.41. The number of nitrogens with one attached hydrogen (secondary N) is 1. The average Bonchev–Trinajstić information content (AvgIpc) is 3.11. The Morgan fingerprint density at radius 2 is 2.30 bits per heavy atom. The van der Waals surface area contributed by atoms with Crippen molar-refractivity contribution in [2.24, 2.45) is 0 Å². The molecule has 0 bridgehead atoms. The highest BCUT2D eigenvalue weighted by atomic mass is 32.1. The molecule has 2 aromatic heterocycles. The van der Waals surface area contributed by atoms with Crippen LogP contribution in [0.25, 0.3) is 0 Å². The summed E-state index contributed by atoms with van der Waals surface area (Å²) >= 11 is 1.74. The number of hydrogen-bond donors (Lipinski definition) is 1. The number of ether oxygens (including phenoxy) is 1. The van der Waals surface area contributed by atoms with Gasteiger partial charge in [-0.3, -0.25) is 4.68 Å². The van der Waals surface area contributed by atoms with Crippen LogP contribution in [-0.4, -0.2) is 23.4 Å². The fourth-order valence-corrected chi connectivity index (χ4v) is 3.05. The minimum atomic E-state index is 0.238. The lowest BCUT2D eigenvalue weighted by atomic mass is 10.0. The Bertz CT molecular complexity index is 486. The first-order chi connectivity index (χ1) is 9.80. The summed E-state index contributed by atoms with van der Waals surface area (Å²) in [5.74, 6) is 0.871. The Labute approximate surface area is 124 Å². The van der Waals surface area contributed by atoms with Gasteiger partial charge in [-0.25, -0.2) is 0 Å². The summed E-state index contributed by atoms with van der Waals surface area (Å²) in [4.78, 5) is 0. The number of thiophene rings is 1. The fraction of sp³-hybridized carbons (Fsp3) is 0.533. The van der Waals surface area contributed by atoms with E-state index in [1.807, 2.05) is 10.9 Å². The molecule has 0 aliphatic heterocycles. The Morgan fingerprint density at radius 3 is 2.90 bits per heavy atom. The summed E-state index contributed by atoms with van der Waals surface area (Å²) in [5.41, 5.74) is 2.50. The lowest BCUT2D eigenvalue weighted by molar-refractivity contribution is 0.390. The van der Waals surface area contributed by atoms with Crippen LogP contribution in [0, 0.1) is 0 Å². The molecule has 1 atom stereocenters. The van der Waals surface area contributed by atoms with Crippen LogP contribution in [0.4, 0.5) is 0 Å². The summed E-state index contributed by atoms with van der Waals surface area (Å²) in [6.45, 7) is 6.14. The van der Waals surface area contributed by atoms with Gasteiger partial charge in [0.2, 0.25) is 0 Å². The van der Waals surface area contributed by atoms with E-state index in [0.29, 0.717) is 0 Å². The zero-order valence-corrected chi connectivity index (χ0v) is 13.2. The van der Waals surface area contributed by atoms with Gasteiger partial charge in [0.25, 0.3) is 0 Å². The smallest absolute Gasteiger partial charge is 0.161 e. The second-order valence-electron chi connectivity index (χ2n) is 4.76. The Morgan fingerprint density at radius 1 is 1.45 bits per heavy atom. The third-order valence-corrected chi connectivity index (χ3v) is 4.09. The normalized spacial score (nSPS) is 12.6. The largest absolute Gasteiger partial charge is 0.493 e. The van der Waals surface area contributed by atoms with Gasteiger partial charge in [-0.1, -0.05) is 6.92 Å². The molecule has 2 heterocycles. The van der Waals surface area contributed by atoms with Gasteiger partial charge < -0.3 is 10.1 Å². The van der Waals surface area contributed by atoms with Crippen molar-refractivity contribution < 1.29 is 4.74 Å². The van der Waals surface area contributed by atoms with E-state index in [-0.39, 0.29) is 6.04 Å². The predicted molar refractivity (Wildman–Crippen MR) is 83.5 cm³/mol. The topological polar surface area (TPSA) is 39.1 Å². The van der Waals surface area contributed by atoms with E-state index >= 15 is 0 Å². The second kappa shape index (κ2) is 7.45. The summed E-state index contributed by atoms with van der Waals surface area (Å²) in [6.07, 6.45) is 3.89. The second-order valence-corrected chi connectivity index (χ2v) is 5.54. The summed E-state index contributed by atoms with van der Waals surface area (Å²) in [5, 5.41) is 12.4. The number of aryl methyl sites for hydroxylation is 1. The van der Waals surface area contributed by atoms with E-state index in [2.05, 4.69) is 41.1 Å². The first-order valence-electron chi connectivity index (χ1n) is 7.14. The molecule has 0 aliphatic rings. The van der Waals surface area contributed by atoms with E-state index in [9.17, 15) is 0 Å². The maximum absolute atomic E-state index is 5.49. The SMILES string of the molecule is CCCNC(Cc1ccsc1)c1c(OC)cnn1CC. The minimum absolute atomic E-state index is 0.238. The molecule has 0 saturated heterocycles. The number of aromatic nitrogens is 2. The summed E-state index contributed by atoms with van der Waals surface area (Å²) in [6, 6.07) is 2.42. The molecule has 0 spiro atoms. The van der Waals surface area contributed by atoms with Crippen molar-refractivity contribution in [1.29, 1.82) is 0 Å². The number of methoxy groups -OCH3 is 1. The van der Waals surface area contributed by atoms with Crippen molar-refractivity contribution in [2.75, 3.05) is 13.7 Å². The number of rotatable bonds is 8. The first-order valence-corrected chi connectivity index (χ1v) is 8.08. The minimum Gasteiger partial charge on any atom is -0.493 e. The average molecular weight is 293 g/mol. The molecular weight excluding hydrogens is 270 g/mol. The van der Waals surface area contributed by atoms with Crippen LogP contribution < -0.4 is 10.1 Å². The van der Waals surface area contributed by atoms with Crippen LogP contribution in [0.2, 0.25) is 0 Å². The molecule has 0 saturated carbocycles. The molecular formula is C15H23N3OS. The van der Waals surface area contributed by atoms with Crippen LogP contribution in [-0.2, 0) is 13.0 Å². The quantitative estimate of drug-likeness (QED) is 0.812. The molecule has 0 amide bonds. The Kier molecular flexibility index (Phi) is 5.61. The molecule has 2 aromatic rings. The summed E-state index contributed by atoms with van der Waals surface area (Å²) < 4.78 is 7.51. The van der Waals surface area contributed by atoms with Crippen molar-refractivity contribution in [2.45, 2.75) is 39.3 Å². The zero-order chi connectivity index (χ0) is 14.4. The van der Waals surface area contributed by atoms with Crippen molar-refractivity contribution in [1.82, 2.24) is 15.1 Å². The lowest BCUT2D eigenvalue weighted by Gasteiger charge is -2.20. The van der Waals surface area contributed by atoms with Gasteiger partial charge in [0.1, 0.15) is 0 Å². The van der Waals surface area contributed by atoms with Crippen molar-refractivity contribution in [3.8, 4) is 5.75 Å². The molecule has 4 nitrogen and oxygen atoms in total. The number of hydrogen-bond acceptors (Lipinski definition) is 4. The highest BCUT2D eigenvalue weighted by molar-refractivity contribution is 7.07. The van der Waals surface area contributed by atoms with E-state index in [1.165, 1.54) is 5.56 Å². The van der Waals surface area contributed by atoms with E-state index < -0.39 is 0 Å². The molecule has 0 radical (unpaired) electrons. The molecule has 1 unspecified atom stereocenters. The van der Waals surface area contributed by atoms with E-state index in [0.717, 1.165) is 37.4 Å². The van der Waals surface area contributed by atoms with Gasteiger partial charge in [-0.15, -0.1) is 0 Å².